The van der Waals surface area contributed by atoms with Crippen molar-refractivity contribution in [3.8, 4) is 5.82 Å². The van der Waals surface area contributed by atoms with Gasteiger partial charge in [-0.3, -0.25) is 9.89 Å². The normalized spacial score (nSPS) is 10.3. The van der Waals surface area contributed by atoms with Crippen LogP contribution in [0.1, 0.15) is 10.5 Å². The van der Waals surface area contributed by atoms with Crippen molar-refractivity contribution in [1.29, 1.82) is 0 Å². The van der Waals surface area contributed by atoms with Gasteiger partial charge in [0.2, 0.25) is 0 Å². The molecule has 2 aromatic rings. The molecule has 6 nitrogen and oxygen atoms in total. The summed E-state index contributed by atoms with van der Waals surface area (Å²) in [6.07, 6.45) is 1.45. The van der Waals surface area contributed by atoms with Crippen LogP contribution in [0.2, 0.25) is 5.02 Å². The number of aromatic amines is 1. The van der Waals surface area contributed by atoms with E-state index in [-0.39, 0.29) is 16.5 Å². The molecule has 2 rings (SSSR count). The number of halogens is 1. The SMILES string of the molecule is O=C(O)c1cc(=O)n(-c2ncccc2Cl)[nH]1. The molecular weight excluding hydrogens is 234 g/mol. The minimum Gasteiger partial charge on any atom is -0.477 e. The van der Waals surface area contributed by atoms with Gasteiger partial charge in [-0.2, -0.15) is 4.68 Å². The average Bonchev–Trinajstić information content (AvgIpc) is 2.61. The lowest BCUT2D eigenvalue weighted by atomic mass is 10.4. The van der Waals surface area contributed by atoms with Crippen molar-refractivity contribution < 1.29 is 9.90 Å². The Bertz CT molecular complexity index is 602. The van der Waals surface area contributed by atoms with Gasteiger partial charge in [0.05, 0.1) is 5.02 Å². The monoisotopic (exact) mass is 239 g/mol. The molecule has 16 heavy (non-hydrogen) atoms. The highest BCUT2D eigenvalue weighted by atomic mass is 35.5. The number of H-pyrrole nitrogens is 1. The van der Waals surface area contributed by atoms with Crippen molar-refractivity contribution in [2.75, 3.05) is 0 Å². The maximum absolute atomic E-state index is 11.5. The van der Waals surface area contributed by atoms with Gasteiger partial charge in [0.1, 0.15) is 5.69 Å². The number of aromatic carboxylic acids is 1. The second kappa shape index (κ2) is 3.82. The molecule has 0 saturated heterocycles. The van der Waals surface area contributed by atoms with Gasteiger partial charge in [-0.05, 0) is 12.1 Å². The van der Waals surface area contributed by atoms with E-state index in [9.17, 15) is 9.59 Å². The lowest BCUT2D eigenvalue weighted by Crippen LogP contribution is -2.15. The summed E-state index contributed by atoms with van der Waals surface area (Å²) in [6.45, 7) is 0. The smallest absolute Gasteiger partial charge is 0.353 e. The summed E-state index contributed by atoms with van der Waals surface area (Å²) >= 11 is 5.83. The van der Waals surface area contributed by atoms with E-state index in [2.05, 4.69) is 10.1 Å². The van der Waals surface area contributed by atoms with Crippen LogP contribution in [0.4, 0.5) is 0 Å². The first-order valence-corrected chi connectivity index (χ1v) is 4.63. The van der Waals surface area contributed by atoms with Gasteiger partial charge in [-0.25, -0.2) is 9.78 Å². The molecule has 0 fully saturated rings. The Morgan fingerprint density at radius 3 is 2.88 bits per heavy atom. The van der Waals surface area contributed by atoms with E-state index in [1.54, 1.807) is 12.1 Å². The Morgan fingerprint density at radius 2 is 2.31 bits per heavy atom. The van der Waals surface area contributed by atoms with Gasteiger partial charge in [-0.1, -0.05) is 11.6 Å². The summed E-state index contributed by atoms with van der Waals surface area (Å²) < 4.78 is 0.978. The number of carbonyl (C=O) groups is 1. The van der Waals surface area contributed by atoms with Crippen LogP contribution in [-0.4, -0.2) is 25.8 Å². The zero-order valence-corrected chi connectivity index (χ0v) is 8.60. The van der Waals surface area contributed by atoms with Crippen LogP contribution in [0.5, 0.6) is 0 Å². The number of pyridine rings is 1. The van der Waals surface area contributed by atoms with E-state index >= 15 is 0 Å². The quantitative estimate of drug-likeness (QED) is 0.815. The van der Waals surface area contributed by atoms with Gasteiger partial charge in [0.25, 0.3) is 5.56 Å². The molecule has 0 bridgehead atoms. The predicted molar refractivity (Wildman–Crippen MR) is 56.2 cm³/mol. The first-order chi connectivity index (χ1) is 7.59. The summed E-state index contributed by atoms with van der Waals surface area (Å²) in [5, 5.41) is 11.4. The molecule has 0 aromatic carbocycles. The number of carboxylic acids is 1. The lowest BCUT2D eigenvalue weighted by molar-refractivity contribution is 0.0690. The minimum absolute atomic E-state index is 0.168. The van der Waals surface area contributed by atoms with Crippen LogP contribution < -0.4 is 5.56 Å². The molecule has 82 valence electrons. The molecule has 0 aliphatic carbocycles. The molecule has 0 spiro atoms. The van der Waals surface area contributed by atoms with Crippen molar-refractivity contribution in [1.82, 2.24) is 14.8 Å². The predicted octanol–water partition coefficient (Wildman–Crippen LogP) is 0.912. The number of hydrogen-bond acceptors (Lipinski definition) is 3. The van der Waals surface area contributed by atoms with Gasteiger partial charge in [0.15, 0.2) is 5.82 Å². The van der Waals surface area contributed by atoms with Crippen LogP contribution in [0, 0.1) is 0 Å². The Hall–Kier alpha value is -2.08. The second-order valence-corrected chi connectivity index (χ2v) is 3.36. The maximum atomic E-state index is 11.5. The Morgan fingerprint density at radius 1 is 1.56 bits per heavy atom. The molecule has 2 heterocycles. The first kappa shape index (κ1) is 10.4. The molecule has 0 radical (unpaired) electrons. The average molecular weight is 240 g/mol. The molecule has 0 aliphatic heterocycles. The van der Waals surface area contributed by atoms with Crippen LogP contribution in [0.25, 0.3) is 5.82 Å². The third-order valence-corrected chi connectivity index (χ3v) is 2.20. The van der Waals surface area contributed by atoms with Crippen molar-refractivity contribution in [2.45, 2.75) is 0 Å². The molecule has 0 atom stereocenters. The Labute approximate surface area is 94.1 Å². The number of carboxylic acid groups (broad SMARTS) is 1. The van der Waals surface area contributed by atoms with Crippen LogP contribution in [0.15, 0.2) is 29.2 Å². The van der Waals surface area contributed by atoms with E-state index in [0.717, 1.165) is 10.7 Å². The largest absolute Gasteiger partial charge is 0.477 e. The zero-order valence-electron chi connectivity index (χ0n) is 7.85. The second-order valence-electron chi connectivity index (χ2n) is 2.96. The van der Waals surface area contributed by atoms with Gasteiger partial charge in [-0.15, -0.1) is 0 Å². The number of aromatic nitrogens is 3. The standard InChI is InChI=1S/C9H6ClN3O3/c10-5-2-1-3-11-8(5)13-7(14)4-6(12-13)9(15)16/h1-4,12H,(H,15,16). The van der Waals surface area contributed by atoms with Gasteiger partial charge >= 0.3 is 5.97 Å². The molecule has 2 aromatic heterocycles. The van der Waals surface area contributed by atoms with Gasteiger partial charge < -0.3 is 5.11 Å². The van der Waals surface area contributed by atoms with Crippen molar-refractivity contribution in [3.63, 3.8) is 0 Å². The maximum Gasteiger partial charge on any atom is 0.353 e. The Balaban J connectivity index is 2.61. The fourth-order valence-electron chi connectivity index (χ4n) is 1.20. The first-order valence-electron chi connectivity index (χ1n) is 4.26. The topological polar surface area (TPSA) is 88.0 Å². The van der Waals surface area contributed by atoms with E-state index < -0.39 is 11.5 Å². The summed E-state index contributed by atoms with van der Waals surface area (Å²) in [5.74, 6) is -1.05. The van der Waals surface area contributed by atoms with Crippen LogP contribution in [-0.2, 0) is 0 Å². The number of nitrogens with zero attached hydrogens (tertiary/aromatic N) is 2. The molecule has 0 saturated carbocycles. The van der Waals surface area contributed by atoms with Crippen LogP contribution >= 0.6 is 11.6 Å². The fraction of sp³-hybridized carbons (Fsp3) is 0. The molecule has 7 heteroatoms. The molecule has 0 amide bonds. The Kier molecular flexibility index (Phi) is 2.49. The van der Waals surface area contributed by atoms with E-state index in [0.29, 0.717) is 0 Å². The van der Waals surface area contributed by atoms with Crippen LogP contribution in [0.3, 0.4) is 0 Å². The minimum atomic E-state index is -1.22. The summed E-state index contributed by atoms with van der Waals surface area (Å²) in [5.41, 5.74) is -0.746. The highest BCUT2D eigenvalue weighted by Crippen LogP contribution is 2.14. The number of rotatable bonds is 2. The molecular formula is C9H6ClN3O3. The summed E-state index contributed by atoms with van der Waals surface area (Å²) in [7, 11) is 0. The van der Waals surface area contributed by atoms with Crippen molar-refractivity contribution in [2.24, 2.45) is 0 Å². The fourth-order valence-corrected chi connectivity index (χ4v) is 1.41. The number of hydrogen-bond donors (Lipinski definition) is 2. The third-order valence-electron chi connectivity index (χ3n) is 1.90. The van der Waals surface area contributed by atoms with E-state index in [1.165, 1.54) is 6.20 Å². The van der Waals surface area contributed by atoms with E-state index in [4.69, 9.17) is 16.7 Å². The summed E-state index contributed by atoms with van der Waals surface area (Å²) in [6, 6.07) is 4.13. The van der Waals surface area contributed by atoms with Crippen molar-refractivity contribution in [3.05, 3.63) is 45.5 Å². The molecule has 2 N–H and O–H groups in total. The van der Waals surface area contributed by atoms with Gasteiger partial charge in [0, 0.05) is 12.3 Å². The summed E-state index contributed by atoms with van der Waals surface area (Å²) in [4.78, 5) is 26.0. The zero-order chi connectivity index (χ0) is 11.7. The molecule has 0 aliphatic rings. The highest BCUT2D eigenvalue weighted by molar-refractivity contribution is 6.32. The third kappa shape index (κ3) is 1.70. The van der Waals surface area contributed by atoms with Crippen molar-refractivity contribution >= 4 is 17.6 Å². The molecule has 0 unspecified atom stereocenters. The highest BCUT2D eigenvalue weighted by Gasteiger charge is 2.12. The van der Waals surface area contributed by atoms with E-state index in [1.807, 2.05) is 0 Å². The lowest BCUT2D eigenvalue weighted by Gasteiger charge is -2.01. The number of nitrogens with one attached hydrogen (secondary N) is 1.